The van der Waals surface area contributed by atoms with Crippen molar-refractivity contribution < 1.29 is 9.53 Å². The number of anilines is 1. The number of carbonyl (C=O) groups is 1. The van der Waals surface area contributed by atoms with Crippen molar-refractivity contribution in [1.29, 1.82) is 0 Å². The first-order valence-corrected chi connectivity index (χ1v) is 8.38. The summed E-state index contributed by atoms with van der Waals surface area (Å²) in [6.07, 6.45) is 2.11. The van der Waals surface area contributed by atoms with Gasteiger partial charge in [0.1, 0.15) is 5.75 Å². The standard InChI is InChI=1S/C20H24N2O2/c1-13(15-6-4-7-16(12-15)22-14(2)23)21-19-11-10-18-17(19)8-5-9-20(18)24-3/h4-9,12-13,19,21H,10-11H2,1-3H3,(H,22,23)/t13-,19-/m0/s1. The SMILES string of the molecule is COc1cccc2c1CC[C@@H]2N[C@@H](C)c1cccc(NC(C)=O)c1. The average Bonchev–Trinajstić information content (AvgIpc) is 2.97. The van der Waals surface area contributed by atoms with Crippen molar-refractivity contribution in [3.8, 4) is 5.75 Å². The topological polar surface area (TPSA) is 50.4 Å². The Morgan fingerprint density at radius 1 is 1.25 bits per heavy atom. The molecule has 4 heteroatoms. The third-order valence-electron chi connectivity index (χ3n) is 4.61. The molecule has 0 spiro atoms. The summed E-state index contributed by atoms with van der Waals surface area (Å²) in [5.74, 6) is 0.932. The number of hydrogen-bond acceptors (Lipinski definition) is 3. The minimum absolute atomic E-state index is 0.0513. The molecule has 0 bridgehead atoms. The average molecular weight is 324 g/mol. The summed E-state index contributed by atoms with van der Waals surface area (Å²) in [4.78, 5) is 11.2. The van der Waals surface area contributed by atoms with Gasteiger partial charge in [0.25, 0.3) is 0 Å². The highest BCUT2D eigenvalue weighted by atomic mass is 16.5. The first kappa shape index (κ1) is 16.5. The quantitative estimate of drug-likeness (QED) is 0.874. The molecule has 2 aromatic rings. The molecule has 2 aromatic carbocycles. The lowest BCUT2D eigenvalue weighted by Crippen LogP contribution is -2.23. The zero-order valence-electron chi connectivity index (χ0n) is 14.4. The Labute approximate surface area is 143 Å². The van der Waals surface area contributed by atoms with Gasteiger partial charge in [0, 0.05) is 24.7 Å². The predicted octanol–water partition coefficient (Wildman–Crippen LogP) is 3.99. The third kappa shape index (κ3) is 3.44. The highest BCUT2D eigenvalue weighted by Crippen LogP contribution is 2.38. The van der Waals surface area contributed by atoms with Gasteiger partial charge < -0.3 is 15.4 Å². The highest BCUT2D eigenvalue weighted by molar-refractivity contribution is 5.88. The van der Waals surface area contributed by atoms with Gasteiger partial charge in [-0.2, -0.15) is 0 Å². The van der Waals surface area contributed by atoms with Crippen molar-refractivity contribution in [3.05, 3.63) is 59.2 Å². The van der Waals surface area contributed by atoms with Crippen molar-refractivity contribution in [1.82, 2.24) is 5.32 Å². The zero-order valence-corrected chi connectivity index (χ0v) is 14.4. The van der Waals surface area contributed by atoms with E-state index in [1.54, 1.807) is 7.11 Å². The Bertz CT molecular complexity index is 742. The second kappa shape index (κ2) is 7.05. The van der Waals surface area contributed by atoms with Crippen LogP contribution in [-0.4, -0.2) is 13.0 Å². The Kier molecular flexibility index (Phi) is 4.86. The van der Waals surface area contributed by atoms with Crippen LogP contribution in [0, 0.1) is 0 Å². The maximum Gasteiger partial charge on any atom is 0.221 e. The molecule has 1 aliphatic carbocycles. The van der Waals surface area contributed by atoms with E-state index in [1.807, 2.05) is 24.3 Å². The van der Waals surface area contributed by atoms with Gasteiger partial charge in [-0.05, 0) is 54.7 Å². The van der Waals surface area contributed by atoms with Crippen LogP contribution in [0.2, 0.25) is 0 Å². The van der Waals surface area contributed by atoms with Crippen LogP contribution in [0.1, 0.15) is 49.0 Å². The third-order valence-corrected chi connectivity index (χ3v) is 4.61. The first-order chi connectivity index (χ1) is 11.6. The summed E-state index contributed by atoms with van der Waals surface area (Å²) in [5.41, 5.74) is 4.65. The fourth-order valence-electron chi connectivity index (χ4n) is 3.47. The van der Waals surface area contributed by atoms with Crippen LogP contribution in [0.3, 0.4) is 0 Å². The second-order valence-corrected chi connectivity index (χ2v) is 6.31. The second-order valence-electron chi connectivity index (χ2n) is 6.31. The smallest absolute Gasteiger partial charge is 0.221 e. The summed E-state index contributed by atoms with van der Waals surface area (Å²) in [6.45, 7) is 3.68. The molecule has 24 heavy (non-hydrogen) atoms. The molecule has 2 atom stereocenters. The van der Waals surface area contributed by atoms with Gasteiger partial charge in [0.2, 0.25) is 5.91 Å². The monoisotopic (exact) mass is 324 g/mol. The maximum atomic E-state index is 11.2. The number of nitrogens with one attached hydrogen (secondary N) is 2. The molecule has 0 fully saturated rings. The number of fused-ring (bicyclic) bond motifs is 1. The van der Waals surface area contributed by atoms with Crippen LogP contribution >= 0.6 is 0 Å². The van der Waals surface area contributed by atoms with E-state index < -0.39 is 0 Å². The Morgan fingerprint density at radius 2 is 2.04 bits per heavy atom. The molecule has 0 saturated heterocycles. The zero-order chi connectivity index (χ0) is 17.1. The van der Waals surface area contributed by atoms with Gasteiger partial charge in [-0.1, -0.05) is 24.3 Å². The van der Waals surface area contributed by atoms with Gasteiger partial charge in [0.15, 0.2) is 0 Å². The molecule has 2 N–H and O–H groups in total. The first-order valence-electron chi connectivity index (χ1n) is 8.38. The number of methoxy groups -OCH3 is 1. The minimum Gasteiger partial charge on any atom is -0.496 e. The predicted molar refractivity (Wildman–Crippen MR) is 96.4 cm³/mol. The summed E-state index contributed by atoms with van der Waals surface area (Å²) in [7, 11) is 1.73. The van der Waals surface area contributed by atoms with E-state index in [9.17, 15) is 4.79 Å². The van der Waals surface area contributed by atoms with Gasteiger partial charge in [-0.15, -0.1) is 0 Å². The van der Waals surface area contributed by atoms with E-state index in [0.29, 0.717) is 6.04 Å². The van der Waals surface area contributed by atoms with Crippen molar-refractivity contribution >= 4 is 11.6 Å². The number of benzene rings is 2. The van der Waals surface area contributed by atoms with Crippen LogP contribution in [-0.2, 0) is 11.2 Å². The Balaban J connectivity index is 1.75. The molecule has 0 aliphatic heterocycles. The van der Waals surface area contributed by atoms with Crippen LogP contribution in [0.15, 0.2) is 42.5 Å². The molecule has 0 unspecified atom stereocenters. The molecular weight excluding hydrogens is 300 g/mol. The van der Waals surface area contributed by atoms with Gasteiger partial charge in [-0.25, -0.2) is 0 Å². The van der Waals surface area contributed by atoms with E-state index in [1.165, 1.54) is 18.1 Å². The lowest BCUT2D eigenvalue weighted by molar-refractivity contribution is -0.114. The lowest BCUT2D eigenvalue weighted by Gasteiger charge is -2.21. The molecule has 0 radical (unpaired) electrons. The number of amides is 1. The van der Waals surface area contributed by atoms with E-state index >= 15 is 0 Å². The summed E-state index contributed by atoms with van der Waals surface area (Å²) in [5, 5.41) is 6.56. The summed E-state index contributed by atoms with van der Waals surface area (Å²) in [6, 6.07) is 14.8. The number of rotatable bonds is 5. The van der Waals surface area contributed by atoms with E-state index in [-0.39, 0.29) is 11.9 Å². The van der Waals surface area contributed by atoms with Crippen molar-refractivity contribution in [2.75, 3.05) is 12.4 Å². The molecule has 0 aromatic heterocycles. The van der Waals surface area contributed by atoms with E-state index in [2.05, 4.69) is 35.8 Å². The van der Waals surface area contributed by atoms with Crippen LogP contribution in [0.25, 0.3) is 0 Å². The van der Waals surface area contributed by atoms with E-state index in [0.717, 1.165) is 29.8 Å². The van der Waals surface area contributed by atoms with Crippen molar-refractivity contribution in [3.63, 3.8) is 0 Å². The van der Waals surface area contributed by atoms with Crippen LogP contribution in [0.4, 0.5) is 5.69 Å². The molecule has 0 saturated carbocycles. The van der Waals surface area contributed by atoms with Gasteiger partial charge in [0.05, 0.1) is 7.11 Å². The lowest BCUT2D eigenvalue weighted by atomic mass is 10.0. The summed E-state index contributed by atoms with van der Waals surface area (Å²) >= 11 is 0. The summed E-state index contributed by atoms with van der Waals surface area (Å²) < 4.78 is 5.48. The number of ether oxygens (including phenoxy) is 1. The molecule has 126 valence electrons. The molecule has 3 rings (SSSR count). The number of hydrogen-bond donors (Lipinski definition) is 2. The van der Waals surface area contributed by atoms with Gasteiger partial charge in [-0.3, -0.25) is 4.79 Å². The number of carbonyl (C=O) groups excluding carboxylic acids is 1. The Hall–Kier alpha value is -2.33. The van der Waals surface area contributed by atoms with Gasteiger partial charge >= 0.3 is 0 Å². The molecular formula is C20H24N2O2. The fraction of sp³-hybridized carbons (Fsp3) is 0.350. The molecule has 1 aliphatic rings. The van der Waals surface area contributed by atoms with Crippen LogP contribution in [0.5, 0.6) is 5.75 Å². The Morgan fingerprint density at radius 3 is 2.79 bits per heavy atom. The molecule has 0 heterocycles. The van der Waals surface area contributed by atoms with Crippen LogP contribution < -0.4 is 15.4 Å². The van der Waals surface area contributed by atoms with Crippen molar-refractivity contribution in [2.24, 2.45) is 0 Å². The largest absolute Gasteiger partial charge is 0.496 e. The normalized spacial score (nSPS) is 17.2. The highest BCUT2D eigenvalue weighted by Gasteiger charge is 2.26. The maximum absolute atomic E-state index is 11.2. The fourth-order valence-corrected chi connectivity index (χ4v) is 3.47. The molecule has 4 nitrogen and oxygen atoms in total. The van der Waals surface area contributed by atoms with E-state index in [4.69, 9.17) is 4.74 Å². The molecule has 1 amide bonds. The van der Waals surface area contributed by atoms with Crippen molar-refractivity contribution in [2.45, 2.75) is 38.8 Å². The minimum atomic E-state index is -0.0513.